The molecular formula is C45H78O17P2. The summed E-state index contributed by atoms with van der Waals surface area (Å²) < 4.78 is 49.2. The normalized spacial score (nSPS) is 22.3. The molecule has 0 bridgehead atoms. The number of allylic oxidation sites excluding steroid dienone is 10. The van der Waals surface area contributed by atoms with Crippen molar-refractivity contribution in [3.63, 3.8) is 0 Å². The third-order valence-electron chi connectivity index (χ3n) is 10.1. The predicted octanol–water partition coefficient (Wildman–Crippen LogP) is 7.25. The highest BCUT2D eigenvalue weighted by Gasteiger charge is 2.54. The molecule has 1 aliphatic carbocycles. The van der Waals surface area contributed by atoms with Gasteiger partial charge in [0, 0.05) is 19.4 Å². The minimum absolute atomic E-state index is 0.0454. The fraction of sp³-hybridized carbons (Fsp3) is 0.733. The van der Waals surface area contributed by atoms with Gasteiger partial charge in [0.05, 0.1) is 6.61 Å². The van der Waals surface area contributed by atoms with Crippen molar-refractivity contribution in [1.82, 2.24) is 0 Å². The van der Waals surface area contributed by atoms with Gasteiger partial charge >= 0.3 is 27.6 Å². The topological polar surface area (TPSA) is 276 Å². The van der Waals surface area contributed by atoms with E-state index in [0.29, 0.717) is 25.7 Å². The third kappa shape index (κ3) is 30.8. The van der Waals surface area contributed by atoms with Crippen LogP contribution in [-0.4, -0.2) is 115 Å². The summed E-state index contributed by atoms with van der Waals surface area (Å²) in [4.78, 5) is 54.2. The second-order valence-corrected chi connectivity index (χ2v) is 18.4. The average molecular weight is 953 g/mol. The molecule has 0 heterocycles. The molecule has 1 saturated carbocycles. The van der Waals surface area contributed by atoms with Crippen molar-refractivity contribution >= 4 is 27.6 Å². The lowest BCUT2D eigenvalue weighted by Crippen LogP contribution is -2.64. The number of unbranched alkanes of at least 4 members (excludes halogenated alkanes) is 13. The van der Waals surface area contributed by atoms with Crippen molar-refractivity contribution in [2.24, 2.45) is 0 Å². The van der Waals surface area contributed by atoms with Crippen molar-refractivity contribution in [2.75, 3.05) is 19.8 Å². The van der Waals surface area contributed by atoms with Gasteiger partial charge in [0.2, 0.25) is 0 Å². The Balaban J connectivity index is 2.66. The van der Waals surface area contributed by atoms with Crippen LogP contribution in [0, 0.1) is 0 Å². The molecule has 19 heteroatoms. The molecule has 1 aliphatic rings. The fourth-order valence-electron chi connectivity index (χ4n) is 6.52. The molecule has 0 aromatic rings. The van der Waals surface area contributed by atoms with Crippen LogP contribution in [0.1, 0.15) is 148 Å². The molecular weight excluding hydrogens is 874 g/mol. The second kappa shape index (κ2) is 36.7. The first-order chi connectivity index (χ1) is 30.6. The number of aliphatic hydroxyl groups is 5. The van der Waals surface area contributed by atoms with Crippen LogP contribution < -0.4 is 0 Å². The van der Waals surface area contributed by atoms with Crippen molar-refractivity contribution in [3.8, 4) is 0 Å². The molecule has 0 saturated heterocycles. The number of phosphoric ester groups is 2. The zero-order chi connectivity index (χ0) is 47.5. The smallest absolute Gasteiger partial charge is 0.462 e. The average Bonchev–Trinajstić information content (AvgIpc) is 3.25. The quantitative estimate of drug-likeness (QED) is 0.0131. The van der Waals surface area contributed by atoms with Crippen LogP contribution in [0.5, 0.6) is 0 Å². The Morgan fingerprint density at radius 1 is 0.531 bits per heavy atom. The molecule has 17 nitrogen and oxygen atoms in total. The van der Waals surface area contributed by atoms with E-state index in [4.69, 9.17) is 33.4 Å². The third-order valence-corrected chi connectivity index (χ3v) is 11.6. The van der Waals surface area contributed by atoms with E-state index in [1.165, 1.54) is 25.7 Å². The lowest BCUT2D eigenvalue weighted by molar-refractivity contribution is -0.216. The summed E-state index contributed by atoms with van der Waals surface area (Å²) in [5.74, 6) is -1.30. The van der Waals surface area contributed by atoms with Gasteiger partial charge in [-0.2, -0.15) is 0 Å². The van der Waals surface area contributed by atoms with Crippen LogP contribution in [0.25, 0.3) is 0 Å². The summed E-state index contributed by atoms with van der Waals surface area (Å²) in [6.45, 7) is 1.03. The van der Waals surface area contributed by atoms with Crippen LogP contribution in [0.4, 0.5) is 0 Å². The minimum atomic E-state index is -5.37. The van der Waals surface area contributed by atoms with Gasteiger partial charge in [0.1, 0.15) is 43.2 Å². The molecule has 370 valence electrons. The Labute approximate surface area is 380 Å². The Bertz CT molecular complexity index is 1480. The maximum absolute atomic E-state index is 13.0. The highest BCUT2D eigenvalue weighted by molar-refractivity contribution is 7.47. The first-order valence-corrected chi connectivity index (χ1v) is 26.0. The number of carbonyl (C=O) groups is 2. The van der Waals surface area contributed by atoms with Crippen LogP contribution in [0.15, 0.2) is 60.8 Å². The highest BCUT2D eigenvalue weighted by atomic mass is 31.2. The molecule has 1 rings (SSSR count). The zero-order valence-corrected chi connectivity index (χ0v) is 39.4. The van der Waals surface area contributed by atoms with Crippen LogP contribution in [0.3, 0.4) is 0 Å². The molecule has 8 N–H and O–H groups in total. The summed E-state index contributed by atoms with van der Waals surface area (Å²) in [5, 5.41) is 50.0. The monoisotopic (exact) mass is 952 g/mol. The van der Waals surface area contributed by atoms with Gasteiger partial charge in [0.25, 0.3) is 0 Å². The van der Waals surface area contributed by atoms with E-state index in [1.54, 1.807) is 0 Å². The lowest BCUT2D eigenvalue weighted by Gasteiger charge is -2.43. The van der Waals surface area contributed by atoms with Gasteiger partial charge in [-0.05, 0) is 83.5 Å². The summed E-state index contributed by atoms with van der Waals surface area (Å²) in [5.41, 5.74) is 0. The minimum Gasteiger partial charge on any atom is -0.462 e. The molecule has 64 heavy (non-hydrogen) atoms. The number of carbonyl (C=O) groups excluding carboxylic acids is 2. The van der Waals surface area contributed by atoms with E-state index < -0.39 is 83.5 Å². The largest absolute Gasteiger partial charge is 0.472 e. The summed E-state index contributed by atoms with van der Waals surface area (Å²) in [6, 6.07) is 0. The summed E-state index contributed by atoms with van der Waals surface area (Å²) >= 11 is 0. The Morgan fingerprint density at radius 2 is 0.984 bits per heavy atom. The van der Waals surface area contributed by atoms with Gasteiger partial charge in [-0.3, -0.25) is 23.2 Å². The number of rotatable bonds is 38. The highest BCUT2D eigenvalue weighted by Crippen LogP contribution is 2.49. The standard InChI is InChI=1S/C45H78O17P2/c1-2-3-4-5-6-7-8-14-17-20-23-26-29-32-38(47)58-35-37(36-59-64(56,57)62-45-42(51)40(49)41(50)44(43(45)52)61-63(53,54)55)60-39(48)33-30-27-24-21-18-15-12-10-9-11-13-16-19-22-25-28-31-34-46/h7-9,11-12,15-16,19,21,24,37,40-46,49-52H,2-6,10,13-14,17-18,20,22-23,25-36H2,1H3,(H,56,57)(H2,53,54,55)/b8-7-,11-9-,15-12-,19-16-,24-21-/t37-,40?,41?,42?,43?,44-,45+/m1/s1. The van der Waals surface area contributed by atoms with Crippen LogP contribution >= 0.6 is 15.6 Å². The van der Waals surface area contributed by atoms with Crippen molar-refractivity contribution in [1.29, 1.82) is 0 Å². The molecule has 0 aliphatic heterocycles. The molecule has 0 spiro atoms. The van der Waals surface area contributed by atoms with Gasteiger partial charge in [-0.25, -0.2) is 9.13 Å². The molecule has 8 atom stereocenters. The Hall–Kier alpha value is -2.34. The number of hydrogen-bond acceptors (Lipinski definition) is 14. The number of esters is 2. The SMILES string of the molecule is CCCCCC/C=C\CCCCCCCC(=O)OC[C@H](COP(=O)(O)O[C@H]1C(O)C(O)C(O)[C@@H](OP(=O)(O)O)C1O)OC(=O)CCC/C=C\C/C=C\C/C=C\C/C=C\CCCCCO. The van der Waals surface area contributed by atoms with Gasteiger partial charge < -0.3 is 49.7 Å². The van der Waals surface area contributed by atoms with Gasteiger partial charge in [0.15, 0.2) is 6.10 Å². The molecule has 0 aromatic carbocycles. The molecule has 0 amide bonds. The van der Waals surface area contributed by atoms with Gasteiger partial charge in [-0.15, -0.1) is 0 Å². The molecule has 5 unspecified atom stereocenters. The molecule has 0 aromatic heterocycles. The van der Waals surface area contributed by atoms with E-state index in [-0.39, 0.29) is 19.4 Å². The van der Waals surface area contributed by atoms with Crippen molar-refractivity contribution in [2.45, 2.75) is 191 Å². The van der Waals surface area contributed by atoms with Crippen LogP contribution in [0.2, 0.25) is 0 Å². The van der Waals surface area contributed by atoms with Crippen LogP contribution in [-0.2, 0) is 41.8 Å². The number of ether oxygens (including phenoxy) is 2. The fourth-order valence-corrected chi connectivity index (χ4v) is 8.06. The Kier molecular flexibility index (Phi) is 34.3. The molecule has 0 radical (unpaired) electrons. The second-order valence-electron chi connectivity index (χ2n) is 15.8. The number of aliphatic hydroxyl groups excluding tert-OH is 5. The zero-order valence-electron chi connectivity index (χ0n) is 37.6. The Morgan fingerprint density at radius 3 is 1.53 bits per heavy atom. The summed E-state index contributed by atoms with van der Waals surface area (Å²) in [7, 11) is -10.7. The van der Waals surface area contributed by atoms with E-state index >= 15 is 0 Å². The first kappa shape index (κ1) is 59.7. The van der Waals surface area contributed by atoms with E-state index in [1.807, 2.05) is 18.2 Å². The van der Waals surface area contributed by atoms with E-state index in [9.17, 15) is 44.0 Å². The summed E-state index contributed by atoms with van der Waals surface area (Å²) in [6.07, 6.45) is 24.9. The number of hydrogen-bond donors (Lipinski definition) is 8. The number of phosphoric acid groups is 2. The maximum atomic E-state index is 13.0. The van der Waals surface area contributed by atoms with E-state index in [2.05, 4.69) is 54.0 Å². The maximum Gasteiger partial charge on any atom is 0.472 e. The predicted molar refractivity (Wildman–Crippen MR) is 242 cm³/mol. The lowest BCUT2D eigenvalue weighted by atomic mass is 9.85. The van der Waals surface area contributed by atoms with E-state index in [0.717, 1.165) is 77.0 Å². The molecule has 1 fully saturated rings. The van der Waals surface area contributed by atoms with Crippen molar-refractivity contribution < 1.29 is 82.0 Å². The first-order valence-electron chi connectivity index (χ1n) is 22.9. The van der Waals surface area contributed by atoms with Crippen molar-refractivity contribution in [3.05, 3.63) is 60.8 Å². The van der Waals surface area contributed by atoms with Gasteiger partial charge in [-0.1, -0.05) is 113 Å².